The Kier molecular flexibility index (Phi) is 5.59. The summed E-state index contributed by atoms with van der Waals surface area (Å²) in [5, 5.41) is 0. The molecule has 0 bridgehead atoms. The third-order valence-corrected chi connectivity index (χ3v) is 10.9. The zero-order valence-electron chi connectivity index (χ0n) is 21.0. The van der Waals surface area contributed by atoms with Crippen LogP contribution in [0.2, 0.25) is 0 Å². The summed E-state index contributed by atoms with van der Waals surface area (Å²) in [4.78, 5) is 17.9. The number of aliphatic imine (C=N–C) groups is 1. The van der Waals surface area contributed by atoms with Crippen molar-refractivity contribution in [2.24, 2.45) is 51.1 Å². The van der Waals surface area contributed by atoms with Gasteiger partial charge in [-0.05, 0) is 112 Å². The summed E-state index contributed by atoms with van der Waals surface area (Å²) in [5.74, 6) is 3.28. The zero-order chi connectivity index (χ0) is 22.8. The summed E-state index contributed by atoms with van der Waals surface area (Å²) in [6, 6.07) is -0.224. The maximum absolute atomic E-state index is 12.9. The number of ketones is 1. The fraction of sp³-hybridized carbons (Fsp3) is 0.793. The third-order valence-electron chi connectivity index (χ3n) is 10.9. The molecule has 0 radical (unpaired) electrons. The summed E-state index contributed by atoms with van der Waals surface area (Å²) >= 11 is 0. The first-order valence-corrected chi connectivity index (χ1v) is 13.4. The van der Waals surface area contributed by atoms with Crippen LogP contribution in [0.25, 0.3) is 0 Å². The van der Waals surface area contributed by atoms with Gasteiger partial charge in [0, 0.05) is 18.2 Å². The standard InChI is InChI=1S/C29H44N2O/c1-17(2)19-12-15-31-26(19)16-18(3)21-8-9-22-20-6-7-24-27(32)25(30)11-14-29(24,5)23(20)10-13-28(21,22)4/h6,18,21-25H,7-16,30H2,1-5H3/t18?,21-,22?,23?,24?,25+,28-,29-/m1/s1. The minimum absolute atomic E-state index is 0.138. The van der Waals surface area contributed by atoms with Crippen LogP contribution in [-0.4, -0.2) is 24.1 Å². The lowest BCUT2D eigenvalue weighted by atomic mass is 9.47. The second-order valence-corrected chi connectivity index (χ2v) is 12.6. The number of carbonyl (C=O) groups excluding carboxylic acids is 1. The number of rotatable bonds is 3. The number of nitrogens with two attached hydrogens (primary N) is 1. The van der Waals surface area contributed by atoms with Gasteiger partial charge < -0.3 is 5.73 Å². The van der Waals surface area contributed by atoms with E-state index in [4.69, 9.17) is 10.7 Å². The van der Waals surface area contributed by atoms with Crippen LogP contribution in [0.5, 0.6) is 0 Å². The van der Waals surface area contributed by atoms with Crippen molar-refractivity contribution in [3.63, 3.8) is 0 Å². The maximum atomic E-state index is 12.9. The predicted molar refractivity (Wildman–Crippen MR) is 133 cm³/mol. The summed E-state index contributed by atoms with van der Waals surface area (Å²) in [6.45, 7) is 13.0. The molecule has 0 aromatic heterocycles. The number of nitrogens with zero attached hydrogens (tertiary/aromatic N) is 1. The highest BCUT2D eigenvalue weighted by atomic mass is 16.1. The van der Waals surface area contributed by atoms with Crippen molar-refractivity contribution < 1.29 is 4.79 Å². The minimum atomic E-state index is -0.224. The molecule has 0 saturated heterocycles. The number of hydrogen-bond acceptors (Lipinski definition) is 3. The van der Waals surface area contributed by atoms with E-state index in [1.54, 1.807) is 5.57 Å². The van der Waals surface area contributed by atoms with Crippen molar-refractivity contribution >= 4 is 11.5 Å². The minimum Gasteiger partial charge on any atom is -0.321 e. The number of Topliss-reactive ketones (excluding diaryl/α,β-unsaturated/α-hetero) is 1. The zero-order valence-corrected chi connectivity index (χ0v) is 21.0. The highest BCUT2D eigenvalue weighted by Gasteiger charge is 2.59. The van der Waals surface area contributed by atoms with E-state index in [0.717, 1.165) is 44.6 Å². The molecule has 8 atom stereocenters. The van der Waals surface area contributed by atoms with Crippen molar-refractivity contribution in [3.8, 4) is 0 Å². The number of fused-ring (bicyclic) bond motifs is 5. The molecule has 4 aliphatic carbocycles. The first kappa shape index (κ1) is 22.6. The Morgan fingerprint density at radius 3 is 2.56 bits per heavy atom. The second kappa shape index (κ2) is 7.93. The van der Waals surface area contributed by atoms with Crippen molar-refractivity contribution in [2.75, 3.05) is 6.54 Å². The van der Waals surface area contributed by atoms with E-state index in [2.05, 4.69) is 40.7 Å². The lowest BCUT2D eigenvalue weighted by Crippen LogP contribution is -2.55. The van der Waals surface area contributed by atoms with Crippen LogP contribution in [0.1, 0.15) is 92.4 Å². The van der Waals surface area contributed by atoms with Gasteiger partial charge in [0.2, 0.25) is 0 Å². The van der Waals surface area contributed by atoms with Gasteiger partial charge in [-0.2, -0.15) is 0 Å². The van der Waals surface area contributed by atoms with Crippen LogP contribution in [-0.2, 0) is 4.79 Å². The Hall–Kier alpha value is -1.22. The van der Waals surface area contributed by atoms with E-state index >= 15 is 0 Å². The van der Waals surface area contributed by atoms with Crippen LogP contribution >= 0.6 is 0 Å². The number of allylic oxidation sites excluding steroid dienone is 3. The molecule has 3 fully saturated rings. The van der Waals surface area contributed by atoms with Gasteiger partial charge in [-0.25, -0.2) is 0 Å². The SMILES string of the molecule is CC(C)=C1CCN=C1CC(C)[C@H]1CCC2C3=CCC4C(=O)[C@@H](N)CC[C@]4(C)C3CC[C@@]21C. The van der Waals surface area contributed by atoms with Gasteiger partial charge >= 0.3 is 0 Å². The molecule has 1 aliphatic heterocycles. The lowest BCUT2D eigenvalue weighted by Gasteiger charge is -2.57. The van der Waals surface area contributed by atoms with Gasteiger partial charge in [0.15, 0.2) is 5.78 Å². The van der Waals surface area contributed by atoms with Gasteiger partial charge in [-0.1, -0.05) is 38.0 Å². The molecule has 3 heteroatoms. The largest absolute Gasteiger partial charge is 0.321 e. The fourth-order valence-electron chi connectivity index (χ4n) is 9.10. The molecule has 2 N–H and O–H groups in total. The fourth-order valence-corrected chi connectivity index (χ4v) is 9.10. The summed E-state index contributed by atoms with van der Waals surface area (Å²) in [7, 11) is 0. The van der Waals surface area contributed by atoms with Crippen LogP contribution in [0, 0.1) is 40.4 Å². The molecule has 0 aromatic carbocycles. The molecule has 3 saturated carbocycles. The van der Waals surface area contributed by atoms with Crippen LogP contribution in [0.4, 0.5) is 0 Å². The second-order valence-electron chi connectivity index (χ2n) is 12.6. The Balaban J connectivity index is 1.38. The summed E-state index contributed by atoms with van der Waals surface area (Å²) < 4.78 is 0. The van der Waals surface area contributed by atoms with Gasteiger partial charge in [0.05, 0.1) is 6.04 Å². The van der Waals surface area contributed by atoms with E-state index < -0.39 is 0 Å². The van der Waals surface area contributed by atoms with Gasteiger partial charge in [0.25, 0.3) is 0 Å². The van der Waals surface area contributed by atoms with E-state index in [0.29, 0.717) is 29.0 Å². The Bertz CT molecular complexity index is 893. The van der Waals surface area contributed by atoms with Crippen LogP contribution in [0.3, 0.4) is 0 Å². The highest BCUT2D eigenvalue weighted by Crippen LogP contribution is 2.66. The summed E-state index contributed by atoms with van der Waals surface area (Å²) in [6.07, 6.45) is 13.0. The van der Waals surface area contributed by atoms with E-state index in [9.17, 15) is 4.79 Å². The van der Waals surface area contributed by atoms with Crippen molar-refractivity contribution in [1.29, 1.82) is 0 Å². The van der Waals surface area contributed by atoms with Crippen LogP contribution < -0.4 is 5.73 Å². The quantitative estimate of drug-likeness (QED) is 0.529. The van der Waals surface area contributed by atoms with Crippen molar-refractivity contribution in [2.45, 2.75) is 98.4 Å². The van der Waals surface area contributed by atoms with E-state index in [-0.39, 0.29) is 17.4 Å². The molecular formula is C29H44N2O. The molecule has 5 rings (SSSR count). The maximum Gasteiger partial charge on any atom is 0.153 e. The van der Waals surface area contributed by atoms with Crippen molar-refractivity contribution in [1.82, 2.24) is 0 Å². The van der Waals surface area contributed by atoms with Gasteiger partial charge in [0.1, 0.15) is 0 Å². The smallest absolute Gasteiger partial charge is 0.153 e. The molecule has 0 aromatic rings. The first-order valence-electron chi connectivity index (χ1n) is 13.4. The average Bonchev–Trinajstić information content (AvgIpc) is 3.35. The normalized spacial score (nSPS) is 44.4. The lowest BCUT2D eigenvalue weighted by molar-refractivity contribution is -0.135. The molecule has 4 unspecified atom stereocenters. The Morgan fingerprint density at radius 2 is 1.81 bits per heavy atom. The molecular weight excluding hydrogens is 392 g/mol. The van der Waals surface area contributed by atoms with Gasteiger partial charge in [-0.3, -0.25) is 9.79 Å². The van der Waals surface area contributed by atoms with Gasteiger partial charge in [-0.15, -0.1) is 0 Å². The third kappa shape index (κ3) is 3.24. The summed E-state index contributed by atoms with van der Waals surface area (Å²) in [5.41, 5.74) is 12.9. The topological polar surface area (TPSA) is 55.5 Å². The van der Waals surface area contributed by atoms with Crippen molar-refractivity contribution in [3.05, 3.63) is 22.8 Å². The number of carbonyl (C=O) groups is 1. The molecule has 0 amide bonds. The highest BCUT2D eigenvalue weighted by molar-refractivity contribution is 6.02. The molecule has 0 spiro atoms. The Labute approximate surface area is 195 Å². The van der Waals surface area contributed by atoms with E-state index in [1.165, 1.54) is 42.5 Å². The monoisotopic (exact) mass is 436 g/mol. The molecule has 32 heavy (non-hydrogen) atoms. The van der Waals surface area contributed by atoms with Crippen LogP contribution in [0.15, 0.2) is 27.8 Å². The molecule has 176 valence electrons. The average molecular weight is 437 g/mol. The Morgan fingerprint density at radius 1 is 1.09 bits per heavy atom. The molecule has 5 aliphatic rings. The molecule has 1 heterocycles. The predicted octanol–water partition coefficient (Wildman–Crippen LogP) is 6.28. The molecule has 3 nitrogen and oxygen atoms in total. The van der Waals surface area contributed by atoms with E-state index in [1.807, 2.05) is 0 Å². The first-order chi connectivity index (χ1) is 15.2. The number of hydrogen-bond donors (Lipinski definition) is 1.